The Bertz CT molecular complexity index is 2850. The number of ketones is 1. The van der Waals surface area contributed by atoms with Gasteiger partial charge in [0.2, 0.25) is 6.10 Å². The fourth-order valence-electron chi connectivity index (χ4n) is 11.6. The first-order valence-corrected chi connectivity index (χ1v) is 24.9. The van der Waals surface area contributed by atoms with E-state index in [0.717, 1.165) is 6.92 Å². The third-order valence-electron chi connectivity index (χ3n) is 15.5. The number of carbonyl (C=O) groups excluding carboxylic acids is 9. The second-order valence-corrected chi connectivity index (χ2v) is 20.6. The molecular formula is C56H60N2O18. The number of hydrogen-bond acceptors (Lipinski definition) is 18. The molecule has 2 saturated heterocycles. The van der Waals surface area contributed by atoms with Crippen molar-refractivity contribution < 1.29 is 86.6 Å². The van der Waals surface area contributed by atoms with E-state index in [0.29, 0.717) is 5.06 Å². The Hall–Kier alpha value is -7.55. The average Bonchev–Trinajstić information content (AvgIpc) is 3.87. The molecule has 3 amide bonds. The summed E-state index contributed by atoms with van der Waals surface area (Å²) in [6.45, 7) is 12.4. The minimum absolute atomic E-state index is 0.0515. The number of imide groups is 1. The molecule has 0 spiro atoms. The standard InChI is InChI=1S/C56H60N2O18/c1-30(2)75-55-29-70-38(55)27-37(60)54(7)47(55)49(74-51(67)35-21-15-10-16-22-35)56(69)28-36(31(3)43(53(56,5)6)45(48(54)65)71-32(4)59)72-52(68)46(73-41(63)25-26-42(64)76-58-39(61)23-24-40(58)62)44(33-17-11-8-12-18-33)57-50(66)34-19-13-9-14-20-34/h8-22,36-38,44-47,49,60,69H,1,23-29H2,2-7H3,(H,57,66)/t36-,37-,38+,44-,45+,46+,47-,49-,54+,55-,56+/m0/s1. The molecule has 3 N–H and O–H groups in total. The van der Waals surface area contributed by atoms with E-state index in [1.165, 1.54) is 38.1 Å². The summed E-state index contributed by atoms with van der Waals surface area (Å²) in [5.74, 6) is -9.96. The van der Waals surface area contributed by atoms with E-state index in [4.69, 9.17) is 33.3 Å². The van der Waals surface area contributed by atoms with Gasteiger partial charge in [0.25, 0.3) is 17.7 Å². The van der Waals surface area contributed by atoms with Crippen molar-refractivity contribution in [3.63, 3.8) is 0 Å². The molecule has 3 aromatic carbocycles. The zero-order valence-electron chi connectivity index (χ0n) is 42.8. The zero-order valence-corrected chi connectivity index (χ0v) is 42.8. The van der Waals surface area contributed by atoms with Crippen LogP contribution in [0.5, 0.6) is 0 Å². The number of Topliss-reactive ketones (excluding diaryl/α,β-unsaturated/α-hetero) is 1. The molecule has 2 bridgehead atoms. The Morgan fingerprint density at radius 2 is 1.39 bits per heavy atom. The Morgan fingerprint density at radius 1 is 0.816 bits per heavy atom. The highest BCUT2D eigenvalue weighted by Gasteiger charge is 2.78. The lowest BCUT2D eigenvalue weighted by Crippen LogP contribution is -2.81. The van der Waals surface area contributed by atoms with Crippen molar-refractivity contribution in [1.82, 2.24) is 10.4 Å². The van der Waals surface area contributed by atoms with Gasteiger partial charge in [0, 0.05) is 43.6 Å². The molecule has 20 heteroatoms. The fourth-order valence-corrected chi connectivity index (χ4v) is 11.6. The van der Waals surface area contributed by atoms with Gasteiger partial charge < -0.3 is 48.8 Å². The molecule has 8 rings (SSSR count). The van der Waals surface area contributed by atoms with Gasteiger partial charge in [0.05, 0.1) is 48.2 Å². The van der Waals surface area contributed by atoms with E-state index in [1.807, 2.05) is 0 Å². The number of aliphatic hydroxyl groups excluding tert-OH is 1. The van der Waals surface area contributed by atoms with Crippen LogP contribution >= 0.6 is 0 Å². The summed E-state index contributed by atoms with van der Waals surface area (Å²) in [6, 6.07) is 22.1. The van der Waals surface area contributed by atoms with Crippen LogP contribution in [0.1, 0.15) is 112 Å². The van der Waals surface area contributed by atoms with E-state index in [2.05, 4.69) is 11.9 Å². The number of nitrogens with one attached hydrogen (secondary N) is 1. The molecule has 0 radical (unpaired) electrons. The van der Waals surface area contributed by atoms with Crippen LogP contribution in [0.15, 0.2) is 114 Å². The SMILES string of the molecule is C=C(C)O[C@@]12CO[C@@H]1C[C@H](O)[C@@]1(C)C(=O)[C@H](OC(C)=O)C3=C(C)[C@@H](OC(=O)[C@H](OC(=O)CCC(=O)ON4C(=O)CCC4=O)[C@@H](NC(=O)c4ccccc4)c4ccccc4)C[C@@](O)([C@@H](OC(=O)c4ccccc4)[C@H]21)C3(C)C. The second-order valence-electron chi connectivity index (χ2n) is 20.6. The van der Waals surface area contributed by atoms with Crippen LogP contribution in [0.2, 0.25) is 0 Å². The number of hydroxylamine groups is 2. The number of benzene rings is 3. The number of carbonyl (C=O) groups is 9. The summed E-state index contributed by atoms with van der Waals surface area (Å²) in [6.07, 6.45) is -12.6. The van der Waals surface area contributed by atoms with Crippen LogP contribution in [-0.4, -0.2) is 123 Å². The smallest absolute Gasteiger partial charge is 0.350 e. The molecule has 0 unspecified atom stereocenters. The molecule has 2 aliphatic heterocycles. The van der Waals surface area contributed by atoms with Crippen molar-refractivity contribution in [2.24, 2.45) is 16.7 Å². The predicted molar refractivity (Wildman–Crippen MR) is 262 cm³/mol. The van der Waals surface area contributed by atoms with Gasteiger partial charge in [-0.2, -0.15) is 0 Å². The molecule has 20 nitrogen and oxygen atoms in total. The number of esters is 4. The zero-order chi connectivity index (χ0) is 55.1. The van der Waals surface area contributed by atoms with E-state index in [-0.39, 0.29) is 59.5 Å². The van der Waals surface area contributed by atoms with Crippen molar-refractivity contribution in [2.75, 3.05) is 6.61 Å². The first kappa shape index (κ1) is 54.7. The highest BCUT2D eigenvalue weighted by atomic mass is 16.7. The van der Waals surface area contributed by atoms with Gasteiger partial charge in [0.1, 0.15) is 30.0 Å². The molecule has 0 aromatic heterocycles. The maximum Gasteiger partial charge on any atom is 0.350 e. The van der Waals surface area contributed by atoms with Crippen molar-refractivity contribution in [3.05, 3.63) is 131 Å². The number of hydrogen-bond donors (Lipinski definition) is 3. The largest absolute Gasteiger partial charge is 0.487 e. The first-order chi connectivity index (χ1) is 35.9. The van der Waals surface area contributed by atoms with E-state index >= 15 is 9.59 Å². The minimum atomic E-state index is -2.46. The van der Waals surface area contributed by atoms with Gasteiger partial charge in [0.15, 0.2) is 17.5 Å². The number of amides is 3. The third-order valence-corrected chi connectivity index (χ3v) is 15.5. The second kappa shape index (κ2) is 21.2. The van der Waals surface area contributed by atoms with Crippen molar-refractivity contribution in [2.45, 2.75) is 134 Å². The maximum atomic E-state index is 15.8. The van der Waals surface area contributed by atoms with Gasteiger partial charge in [-0.05, 0) is 61.7 Å². The Balaban J connectivity index is 1.25. The molecule has 2 saturated carbocycles. The van der Waals surface area contributed by atoms with E-state index in [1.54, 1.807) is 87.5 Å². The summed E-state index contributed by atoms with van der Waals surface area (Å²) in [7, 11) is 0. The highest BCUT2D eigenvalue weighted by Crippen LogP contribution is 2.64. The first-order valence-electron chi connectivity index (χ1n) is 24.9. The fraction of sp³-hybridized carbons (Fsp3) is 0.446. The average molecular weight is 1050 g/mol. The summed E-state index contributed by atoms with van der Waals surface area (Å²) >= 11 is 0. The molecule has 11 atom stereocenters. The van der Waals surface area contributed by atoms with Crippen LogP contribution in [0.25, 0.3) is 0 Å². The number of aliphatic hydroxyl groups is 2. The third kappa shape index (κ3) is 9.91. The quantitative estimate of drug-likeness (QED) is 0.0578. The van der Waals surface area contributed by atoms with Crippen LogP contribution in [0.3, 0.4) is 0 Å². The van der Waals surface area contributed by atoms with Crippen LogP contribution in [0, 0.1) is 16.7 Å². The molecule has 3 aliphatic carbocycles. The van der Waals surface area contributed by atoms with Crippen molar-refractivity contribution in [3.8, 4) is 0 Å². The molecule has 2 heterocycles. The Morgan fingerprint density at radius 3 is 1.96 bits per heavy atom. The summed E-state index contributed by atoms with van der Waals surface area (Å²) in [5, 5.41) is 29.4. The minimum Gasteiger partial charge on any atom is -0.487 e. The molecular weight excluding hydrogens is 989 g/mol. The molecule has 4 fully saturated rings. The van der Waals surface area contributed by atoms with E-state index < -0.39 is 143 Å². The van der Waals surface area contributed by atoms with Crippen LogP contribution in [0.4, 0.5) is 0 Å². The van der Waals surface area contributed by atoms with E-state index in [9.17, 15) is 43.8 Å². The van der Waals surface area contributed by atoms with Crippen molar-refractivity contribution >= 4 is 53.4 Å². The van der Waals surface area contributed by atoms with Gasteiger partial charge in [-0.15, -0.1) is 5.06 Å². The maximum absolute atomic E-state index is 15.8. The lowest BCUT2D eigenvalue weighted by atomic mass is 9.44. The van der Waals surface area contributed by atoms with Crippen molar-refractivity contribution in [1.29, 1.82) is 0 Å². The molecule has 3 aromatic rings. The Labute approximate surface area is 437 Å². The lowest BCUT2D eigenvalue weighted by molar-refractivity contribution is -0.347. The van der Waals surface area contributed by atoms with Gasteiger partial charge in [-0.25, -0.2) is 14.4 Å². The summed E-state index contributed by atoms with van der Waals surface area (Å²) in [5.41, 5.74) is -7.40. The Kier molecular flexibility index (Phi) is 15.3. The normalized spacial score (nSPS) is 29.1. The molecule has 5 aliphatic rings. The van der Waals surface area contributed by atoms with Gasteiger partial charge in [-0.1, -0.05) is 87.2 Å². The number of nitrogens with zero attached hydrogens (tertiary/aromatic N) is 1. The number of allylic oxidation sites excluding steroid dienone is 1. The van der Waals surface area contributed by atoms with Crippen LogP contribution in [-0.2, 0) is 66.8 Å². The molecule has 402 valence electrons. The lowest BCUT2D eigenvalue weighted by Gasteiger charge is -2.67. The number of fused-ring (bicyclic) bond motifs is 5. The number of ether oxygens (including phenoxy) is 6. The monoisotopic (exact) mass is 1050 g/mol. The van der Waals surface area contributed by atoms with Gasteiger partial charge in [-0.3, -0.25) is 28.8 Å². The predicted octanol–water partition coefficient (Wildman–Crippen LogP) is 4.66. The van der Waals surface area contributed by atoms with Crippen LogP contribution < -0.4 is 5.32 Å². The highest BCUT2D eigenvalue weighted by molar-refractivity contribution is 6.02. The summed E-state index contributed by atoms with van der Waals surface area (Å²) < 4.78 is 37.3. The topological polar surface area (TPSA) is 274 Å². The number of rotatable bonds is 16. The summed E-state index contributed by atoms with van der Waals surface area (Å²) in [4.78, 5) is 129. The van der Waals surface area contributed by atoms with Gasteiger partial charge >= 0.3 is 29.8 Å². The molecule has 76 heavy (non-hydrogen) atoms.